The van der Waals surface area contributed by atoms with Crippen LogP contribution in [0.1, 0.15) is 19.3 Å². The highest BCUT2D eigenvalue weighted by Crippen LogP contribution is 2.29. The number of hydrogen-bond donors (Lipinski definition) is 2. The van der Waals surface area contributed by atoms with Gasteiger partial charge in [-0.2, -0.15) is 0 Å². The van der Waals surface area contributed by atoms with Crippen LogP contribution in [0.3, 0.4) is 0 Å². The zero-order valence-electron chi connectivity index (χ0n) is 11.5. The van der Waals surface area contributed by atoms with Crippen LogP contribution in [-0.2, 0) is 0 Å². The summed E-state index contributed by atoms with van der Waals surface area (Å²) >= 11 is 0. The SMILES string of the molecule is N=C(N)CCCCOc1ccccc1-c1ccccc1. The lowest BCUT2D eigenvalue weighted by atomic mass is 10.1. The van der Waals surface area contributed by atoms with Crippen molar-refractivity contribution in [2.75, 3.05) is 6.61 Å². The summed E-state index contributed by atoms with van der Waals surface area (Å²) in [6.45, 7) is 0.650. The van der Waals surface area contributed by atoms with Crippen molar-refractivity contribution in [1.82, 2.24) is 0 Å². The van der Waals surface area contributed by atoms with Gasteiger partial charge in [0.15, 0.2) is 0 Å². The van der Waals surface area contributed by atoms with E-state index in [1.54, 1.807) is 0 Å². The van der Waals surface area contributed by atoms with Gasteiger partial charge in [0.2, 0.25) is 0 Å². The summed E-state index contributed by atoms with van der Waals surface area (Å²) in [5.74, 6) is 1.15. The molecule has 0 unspecified atom stereocenters. The van der Waals surface area contributed by atoms with E-state index in [0.29, 0.717) is 13.0 Å². The summed E-state index contributed by atoms with van der Waals surface area (Å²) in [5.41, 5.74) is 7.60. The summed E-state index contributed by atoms with van der Waals surface area (Å²) in [4.78, 5) is 0. The minimum atomic E-state index is 0.245. The molecule has 0 saturated carbocycles. The molecule has 0 aliphatic rings. The molecule has 0 aliphatic carbocycles. The summed E-state index contributed by atoms with van der Waals surface area (Å²) in [7, 11) is 0. The van der Waals surface area contributed by atoms with Crippen LogP contribution in [0, 0.1) is 5.41 Å². The summed E-state index contributed by atoms with van der Waals surface area (Å²) in [5, 5.41) is 7.18. The van der Waals surface area contributed by atoms with Gasteiger partial charge in [-0.05, 0) is 24.5 Å². The van der Waals surface area contributed by atoms with E-state index in [4.69, 9.17) is 15.9 Å². The first-order valence-electron chi connectivity index (χ1n) is 6.87. The normalized spacial score (nSPS) is 10.2. The number of nitrogens with one attached hydrogen (secondary N) is 1. The molecule has 0 saturated heterocycles. The largest absolute Gasteiger partial charge is 0.493 e. The maximum atomic E-state index is 7.18. The predicted molar refractivity (Wildman–Crippen MR) is 83.1 cm³/mol. The van der Waals surface area contributed by atoms with E-state index in [9.17, 15) is 0 Å². The highest BCUT2D eigenvalue weighted by atomic mass is 16.5. The average Bonchev–Trinajstić information content (AvgIpc) is 2.48. The molecule has 2 aromatic rings. The van der Waals surface area contributed by atoms with E-state index in [-0.39, 0.29) is 5.84 Å². The van der Waals surface area contributed by atoms with Gasteiger partial charge < -0.3 is 10.5 Å². The Morgan fingerprint density at radius 2 is 1.65 bits per heavy atom. The van der Waals surface area contributed by atoms with Gasteiger partial charge in [-0.15, -0.1) is 0 Å². The molecule has 2 rings (SSSR count). The zero-order chi connectivity index (χ0) is 14.2. The number of para-hydroxylation sites is 1. The Bertz CT molecular complexity index is 552. The minimum absolute atomic E-state index is 0.245. The number of unbranched alkanes of at least 4 members (excludes halogenated alkanes) is 1. The molecule has 104 valence electrons. The molecule has 0 atom stereocenters. The number of rotatable bonds is 7. The van der Waals surface area contributed by atoms with Crippen molar-refractivity contribution < 1.29 is 4.74 Å². The quantitative estimate of drug-likeness (QED) is 0.455. The standard InChI is InChI=1S/C17H20N2O/c18-17(19)12-6-7-13-20-16-11-5-4-10-15(16)14-8-2-1-3-9-14/h1-5,8-11H,6-7,12-13H2,(H3,18,19). The fraction of sp³-hybridized carbons (Fsp3) is 0.235. The molecule has 2 aromatic carbocycles. The number of ether oxygens (including phenoxy) is 1. The van der Waals surface area contributed by atoms with Crippen LogP contribution < -0.4 is 10.5 Å². The Balaban J connectivity index is 1.97. The van der Waals surface area contributed by atoms with Crippen molar-refractivity contribution >= 4 is 5.84 Å². The van der Waals surface area contributed by atoms with Gasteiger partial charge in [0, 0.05) is 12.0 Å². The highest BCUT2D eigenvalue weighted by Gasteiger charge is 2.04. The Morgan fingerprint density at radius 1 is 0.950 bits per heavy atom. The summed E-state index contributed by atoms with van der Waals surface area (Å²) in [6, 6.07) is 18.3. The van der Waals surface area contributed by atoms with Crippen LogP contribution in [0.25, 0.3) is 11.1 Å². The van der Waals surface area contributed by atoms with Gasteiger partial charge in [-0.3, -0.25) is 5.41 Å². The highest BCUT2D eigenvalue weighted by molar-refractivity contribution is 5.76. The van der Waals surface area contributed by atoms with Gasteiger partial charge in [-0.1, -0.05) is 48.5 Å². The summed E-state index contributed by atoms with van der Waals surface area (Å²) in [6.07, 6.45) is 2.44. The monoisotopic (exact) mass is 268 g/mol. The van der Waals surface area contributed by atoms with Crippen LogP contribution in [0.15, 0.2) is 54.6 Å². The molecule has 3 heteroatoms. The van der Waals surface area contributed by atoms with Gasteiger partial charge in [0.05, 0.1) is 12.4 Å². The maximum absolute atomic E-state index is 7.18. The third-order valence-electron chi connectivity index (χ3n) is 3.07. The molecule has 0 aromatic heterocycles. The second-order valence-electron chi connectivity index (χ2n) is 4.69. The Hall–Kier alpha value is -2.29. The molecule has 20 heavy (non-hydrogen) atoms. The van der Waals surface area contributed by atoms with E-state index in [1.165, 1.54) is 0 Å². The molecule has 0 amide bonds. The van der Waals surface area contributed by atoms with Crippen molar-refractivity contribution in [3.63, 3.8) is 0 Å². The molecule has 0 radical (unpaired) electrons. The van der Waals surface area contributed by atoms with E-state index in [2.05, 4.69) is 18.2 Å². The Kier molecular flexibility index (Phi) is 5.18. The van der Waals surface area contributed by atoms with Crippen LogP contribution in [0.2, 0.25) is 0 Å². The topological polar surface area (TPSA) is 59.1 Å². The fourth-order valence-electron chi connectivity index (χ4n) is 2.05. The van der Waals surface area contributed by atoms with Crippen molar-refractivity contribution in [3.8, 4) is 16.9 Å². The van der Waals surface area contributed by atoms with Crippen molar-refractivity contribution in [3.05, 3.63) is 54.6 Å². The molecule has 0 heterocycles. The van der Waals surface area contributed by atoms with Crippen LogP contribution >= 0.6 is 0 Å². The second kappa shape index (κ2) is 7.34. The predicted octanol–water partition coefficient (Wildman–Crippen LogP) is 3.84. The van der Waals surface area contributed by atoms with E-state index in [1.807, 2.05) is 36.4 Å². The third kappa shape index (κ3) is 4.12. The van der Waals surface area contributed by atoms with E-state index >= 15 is 0 Å². The second-order valence-corrected chi connectivity index (χ2v) is 4.69. The summed E-state index contributed by atoms with van der Waals surface area (Å²) < 4.78 is 5.86. The Labute approximate surface area is 119 Å². The number of nitrogens with two attached hydrogens (primary N) is 1. The third-order valence-corrected chi connectivity index (χ3v) is 3.07. The molecule has 0 fully saturated rings. The van der Waals surface area contributed by atoms with Crippen molar-refractivity contribution in [1.29, 1.82) is 5.41 Å². The Morgan fingerprint density at radius 3 is 2.40 bits per heavy atom. The molecule has 0 spiro atoms. The van der Waals surface area contributed by atoms with E-state index < -0.39 is 0 Å². The minimum Gasteiger partial charge on any atom is -0.493 e. The smallest absolute Gasteiger partial charge is 0.127 e. The van der Waals surface area contributed by atoms with Gasteiger partial charge in [0.1, 0.15) is 5.75 Å². The first-order valence-corrected chi connectivity index (χ1v) is 6.87. The number of benzene rings is 2. The lowest BCUT2D eigenvalue weighted by Crippen LogP contribution is -2.09. The lowest BCUT2D eigenvalue weighted by molar-refractivity contribution is 0.309. The van der Waals surface area contributed by atoms with E-state index in [0.717, 1.165) is 29.7 Å². The lowest BCUT2D eigenvalue weighted by Gasteiger charge is -2.11. The molecular formula is C17H20N2O. The number of hydrogen-bond acceptors (Lipinski definition) is 2. The molecule has 3 nitrogen and oxygen atoms in total. The van der Waals surface area contributed by atoms with Crippen LogP contribution in [0.5, 0.6) is 5.75 Å². The van der Waals surface area contributed by atoms with Crippen LogP contribution in [-0.4, -0.2) is 12.4 Å². The molecule has 0 bridgehead atoms. The average molecular weight is 268 g/mol. The molecule has 3 N–H and O–H groups in total. The maximum Gasteiger partial charge on any atom is 0.127 e. The fourth-order valence-corrected chi connectivity index (χ4v) is 2.05. The molecular weight excluding hydrogens is 248 g/mol. The first kappa shape index (κ1) is 14.1. The van der Waals surface area contributed by atoms with Crippen LogP contribution in [0.4, 0.5) is 0 Å². The van der Waals surface area contributed by atoms with Gasteiger partial charge >= 0.3 is 0 Å². The van der Waals surface area contributed by atoms with Gasteiger partial charge in [-0.25, -0.2) is 0 Å². The number of amidine groups is 1. The van der Waals surface area contributed by atoms with Crippen molar-refractivity contribution in [2.24, 2.45) is 5.73 Å². The zero-order valence-corrected chi connectivity index (χ0v) is 11.5. The van der Waals surface area contributed by atoms with Gasteiger partial charge in [0.25, 0.3) is 0 Å². The molecule has 0 aliphatic heterocycles. The van der Waals surface area contributed by atoms with Crippen molar-refractivity contribution in [2.45, 2.75) is 19.3 Å². The first-order chi connectivity index (χ1) is 9.77.